The van der Waals surface area contributed by atoms with E-state index < -0.39 is 17.6 Å². The number of carboxylic acid groups (broad SMARTS) is 1. The van der Waals surface area contributed by atoms with Gasteiger partial charge in [0.15, 0.2) is 0 Å². The molecule has 1 aliphatic heterocycles. The number of methoxy groups -OCH3 is 1. The molecule has 3 rings (SSSR count). The van der Waals surface area contributed by atoms with Crippen molar-refractivity contribution in [3.05, 3.63) is 58.9 Å². The Morgan fingerprint density at radius 1 is 1.35 bits per heavy atom. The average Bonchev–Trinajstić information content (AvgIpc) is 2.64. The lowest BCUT2D eigenvalue weighted by atomic mass is 9.84. The first-order chi connectivity index (χ1) is 12.4. The van der Waals surface area contributed by atoms with Gasteiger partial charge in [0, 0.05) is 31.0 Å². The molecule has 1 saturated heterocycles. The van der Waals surface area contributed by atoms with Crippen molar-refractivity contribution in [3.8, 4) is 5.75 Å². The van der Waals surface area contributed by atoms with Gasteiger partial charge in [-0.15, -0.1) is 0 Å². The van der Waals surface area contributed by atoms with Gasteiger partial charge in [-0.3, -0.25) is 14.7 Å². The maximum absolute atomic E-state index is 11.9. The summed E-state index contributed by atoms with van der Waals surface area (Å²) in [5, 5.41) is 21.0. The minimum absolute atomic E-state index is 0.375. The number of pyridine rings is 1. The van der Waals surface area contributed by atoms with Crippen molar-refractivity contribution >= 4 is 17.6 Å². The minimum atomic E-state index is -0.981. The molecule has 0 unspecified atom stereocenters. The summed E-state index contributed by atoms with van der Waals surface area (Å²) < 4.78 is 5.13. The first-order valence-corrected chi connectivity index (χ1v) is 8.75. The summed E-state index contributed by atoms with van der Waals surface area (Å²) in [7, 11) is 1.51. The number of benzene rings is 1. The highest BCUT2D eigenvalue weighted by atomic mass is 35.5. The number of aliphatic carboxylic acids is 1. The van der Waals surface area contributed by atoms with E-state index in [0.717, 1.165) is 5.56 Å². The van der Waals surface area contributed by atoms with E-state index in [1.807, 2.05) is 11.0 Å². The standard InChI is InChI=1S/C19H21ClN2O4/c1-26-16-5-4-13(11-15(16)20)17(18(23)24)22-9-6-19(25,7-10-22)14-3-2-8-21-12-14/h2-5,8,11-12,17,25H,6-7,9-10H2,1H3,(H,23,24)/t17-/m1/s1. The van der Waals surface area contributed by atoms with Gasteiger partial charge in [-0.2, -0.15) is 0 Å². The quantitative estimate of drug-likeness (QED) is 0.835. The number of hydrogen-bond acceptors (Lipinski definition) is 5. The molecule has 2 aromatic rings. The number of rotatable bonds is 5. The number of aliphatic hydroxyl groups is 1. The third kappa shape index (κ3) is 3.67. The topological polar surface area (TPSA) is 82.9 Å². The largest absolute Gasteiger partial charge is 0.495 e. The lowest BCUT2D eigenvalue weighted by molar-refractivity contribution is -0.146. The maximum atomic E-state index is 11.9. The normalized spacial score (nSPS) is 18.3. The van der Waals surface area contributed by atoms with Crippen molar-refractivity contribution in [2.24, 2.45) is 0 Å². The number of nitrogens with zero attached hydrogens (tertiary/aromatic N) is 2. The van der Waals surface area contributed by atoms with E-state index in [2.05, 4.69) is 4.98 Å². The average molecular weight is 377 g/mol. The van der Waals surface area contributed by atoms with Gasteiger partial charge >= 0.3 is 5.97 Å². The Bertz CT molecular complexity index is 776. The Balaban J connectivity index is 1.79. The van der Waals surface area contributed by atoms with Gasteiger partial charge < -0.3 is 14.9 Å². The Labute approximate surface area is 157 Å². The van der Waals surface area contributed by atoms with Crippen LogP contribution in [0.1, 0.15) is 30.0 Å². The van der Waals surface area contributed by atoms with E-state index in [1.165, 1.54) is 7.11 Å². The van der Waals surface area contributed by atoms with Crippen molar-refractivity contribution < 1.29 is 19.7 Å². The third-order valence-corrected chi connectivity index (χ3v) is 5.21. The van der Waals surface area contributed by atoms with E-state index >= 15 is 0 Å². The van der Waals surface area contributed by atoms with Gasteiger partial charge in [0.2, 0.25) is 0 Å². The third-order valence-electron chi connectivity index (χ3n) is 4.91. The number of aromatic nitrogens is 1. The van der Waals surface area contributed by atoms with Gasteiger partial charge in [0.05, 0.1) is 17.7 Å². The smallest absolute Gasteiger partial charge is 0.325 e. The van der Waals surface area contributed by atoms with Crippen LogP contribution in [0, 0.1) is 0 Å². The summed E-state index contributed by atoms with van der Waals surface area (Å²) in [6.45, 7) is 0.901. The molecule has 0 spiro atoms. The molecule has 1 aromatic heterocycles. The fourth-order valence-corrected chi connectivity index (χ4v) is 3.71. The van der Waals surface area contributed by atoms with Gasteiger partial charge in [0.25, 0.3) is 0 Å². The summed E-state index contributed by atoms with van der Waals surface area (Å²) in [5.74, 6) is -0.442. The van der Waals surface area contributed by atoms with Crippen LogP contribution in [-0.2, 0) is 10.4 Å². The van der Waals surface area contributed by atoms with Crippen LogP contribution >= 0.6 is 11.6 Å². The predicted molar refractivity (Wildman–Crippen MR) is 97.3 cm³/mol. The van der Waals surface area contributed by atoms with Crippen molar-refractivity contribution in [2.45, 2.75) is 24.5 Å². The number of hydrogen-bond donors (Lipinski definition) is 2. The highest BCUT2D eigenvalue weighted by Gasteiger charge is 2.38. The predicted octanol–water partition coefficient (Wildman–Crippen LogP) is 2.85. The van der Waals surface area contributed by atoms with Crippen LogP contribution in [0.25, 0.3) is 0 Å². The summed E-state index contributed by atoms with van der Waals surface area (Å²) in [4.78, 5) is 17.8. The molecule has 2 N–H and O–H groups in total. The number of piperidine rings is 1. The van der Waals surface area contributed by atoms with Crippen molar-refractivity contribution in [2.75, 3.05) is 20.2 Å². The van der Waals surface area contributed by atoms with Crippen molar-refractivity contribution in [1.82, 2.24) is 9.88 Å². The van der Waals surface area contributed by atoms with E-state index in [-0.39, 0.29) is 0 Å². The van der Waals surface area contributed by atoms with Crippen LogP contribution in [0.3, 0.4) is 0 Å². The van der Waals surface area contributed by atoms with Gasteiger partial charge in [-0.05, 0) is 36.6 Å². The zero-order chi connectivity index (χ0) is 18.7. The zero-order valence-electron chi connectivity index (χ0n) is 14.4. The molecule has 1 fully saturated rings. The molecular weight excluding hydrogens is 356 g/mol. The number of carboxylic acids is 1. The molecule has 26 heavy (non-hydrogen) atoms. The van der Waals surface area contributed by atoms with Gasteiger partial charge in [-0.1, -0.05) is 23.7 Å². The fourth-order valence-electron chi connectivity index (χ4n) is 3.44. The SMILES string of the molecule is COc1ccc([C@H](C(=O)O)N2CCC(O)(c3cccnc3)CC2)cc1Cl. The number of likely N-dealkylation sites (tertiary alicyclic amines) is 1. The second kappa shape index (κ2) is 7.61. The Morgan fingerprint density at radius 2 is 2.08 bits per heavy atom. The highest BCUT2D eigenvalue weighted by Crippen LogP contribution is 2.37. The molecule has 2 heterocycles. The molecule has 0 aliphatic carbocycles. The van der Waals surface area contributed by atoms with Crippen LogP contribution in [0.2, 0.25) is 5.02 Å². The summed E-state index contributed by atoms with van der Waals surface area (Å²) in [6.07, 6.45) is 4.20. The van der Waals surface area contributed by atoms with Crippen LogP contribution in [0.5, 0.6) is 5.75 Å². The van der Waals surface area contributed by atoms with Crippen LogP contribution < -0.4 is 4.74 Å². The van der Waals surface area contributed by atoms with E-state index in [9.17, 15) is 15.0 Å². The minimum Gasteiger partial charge on any atom is -0.495 e. The molecule has 0 radical (unpaired) electrons. The first-order valence-electron chi connectivity index (χ1n) is 8.38. The van der Waals surface area contributed by atoms with Gasteiger partial charge in [0.1, 0.15) is 11.8 Å². The van der Waals surface area contributed by atoms with Crippen molar-refractivity contribution in [1.29, 1.82) is 0 Å². The molecule has 1 aromatic carbocycles. The van der Waals surface area contributed by atoms with E-state index in [0.29, 0.717) is 42.3 Å². The van der Waals surface area contributed by atoms with Crippen LogP contribution in [-0.4, -0.2) is 46.3 Å². The highest BCUT2D eigenvalue weighted by molar-refractivity contribution is 6.32. The van der Waals surface area contributed by atoms with Crippen LogP contribution in [0.15, 0.2) is 42.7 Å². The van der Waals surface area contributed by atoms with Gasteiger partial charge in [-0.25, -0.2) is 0 Å². The van der Waals surface area contributed by atoms with E-state index in [4.69, 9.17) is 16.3 Å². The summed E-state index contributed by atoms with van der Waals surface area (Å²) >= 11 is 6.16. The first kappa shape index (κ1) is 18.6. The molecule has 1 aliphatic rings. The second-order valence-electron chi connectivity index (χ2n) is 6.44. The molecule has 0 saturated carbocycles. The van der Waals surface area contributed by atoms with Crippen molar-refractivity contribution in [3.63, 3.8) is 0 Å². The van der Waals surface area contributed by atoms with Crippen LogP contribution in [0.4, 0.5) is 0 Å². The Kier molecular flexibility index (Phi) is 5.46. The fraction of sp³-hybridized carbons (Fsp3) is 0.368. The molecule has 1 atom stereocenters. The molecule has 0 bridgehead atoms. The summed E-state index contributed by atoms with van der Waals surface area (Å²) in [5.41, 5.74) is 0.375. The lowest BCUT2D eigenvalue weighted by Crippen LogP contribution is -2.46. The Hall–Kier alpha value is -2.15. The Morgan fingerprint density at radius 3 is 2.62 bits per heavy atom. The molecule has 7 heteroatoms. The zero-order valence-corrected chi connectivity index (χ0v) is 15.2. The monoisotopic (exact) mass is 376 g/mol. The number of ether oxygens (including phenoxy) is 1. The number of carbonyl (C=O) groups is 1. The molecular formula is C19H21ClN2O4. The molecule has 138 valence electrons. The second-order valence-corrected chi connectivity index (χ2v) is 6.85. The van der Waals surface area contributed by atoms with E-state index in [1.54, 1.807) is 36.7 Å². The lowest BCUT2D eigenvalue weighted by Gasteiger charge is -2.40. The summed E-state index contributed by atoms with van der Waals surface area (Å²) in [6, 6.07) is 7.83. The molecule has 6 nitrogen and oxygen atoms in total. The molecule has 0 amide bonds. The number of halogens is 1. The maximum Gasteiger partial charge on any atom is 0.325 e.